The van der Waals surface area contributed by atoms with Gasteiger partial charge in [0.15, 0.2) is 0 Å². The lowest BCUT2D eigenvalue weighted by molar-refractivity contribution is 0.0664. The van der Waals surface area contributed by atoms with E-state index in [2.05, 4.69) is 16.9 Å². The zero-order chi connectivity index (χ0) is 14.0. The summed E-state index contributed by atoms with van der Waals surface area (Å²) in [4.78, 5) is 20.8. The van der Waals surface area contributed by atoms with E-state index < -0.39 is 0 Å². The molecule has 0 bridgehead atoms. The Labute approximate surface area is 119 Å². The van der Waals surface area contributed by atoms with Gasteiger partial charge in [-0.25, -0.2) is 4.98 Å². The summed E-state index contributed by atoms with van der Waals surface area (Å²) in [7, 11) is 2.07. The first-order valence-corrected chi connectivity index (χ1v) is 7.00. The lowest BCUT2D eigenvalue weighted by Crippen LogP contribution is -2.47. The van der Waals surface area contributed by atoms with Crippen LogP contribution in [0.25, 0.3) is 0 Å². The highest BCUT2D eigenvalue weighted by atomic mass is 35.5. The zero-order valence-electron chi connectivity index (χ0n) is 11.7. The molecule has 1 aromatic heterocycles. The molecule has 2 rings (SSSR count). The lowest BCUT2D eigenvalue weighted by atomic mass is 10.1. The van der Waals surface area contributed by atoms with Crippen LogP contribution in [-0.4, -0.2) is 53.9 Å². The molecule has 0 spiro atoms. The highest BCUT2D eigenvalue weighted by Crippen LogP contribution is 2.19. The number of carbonyl (C=O) groups excluding carboxylic acids is 1. The van der Waals surface area contributed by atoms with E-state index in [1.807, 2.05) is 24.8 Å². The summed E-state index contributed by atoms with van der Waals surface area (Å²) in [5.41, 5.74) is 1.51. The number of pyridine rings is 1. The van der Waals surface area contributed by atoms with E-state index in [1.54, 1.807) is 6.07 Å². The second kappa shape index (κ2) is 5.88. The number of likely N-dealkylation sites (N-methyl/N-ethyl adjacent to an activating group) is 1. The van der Waals surface area contributed by atoms with E-state index in [0.29, 0.717) is 10.7 Å². The summed E-state index contributed by atoms with van der Waals surface area (Å²) < 4.78 is 0. The molecule has 0 unspecified atom stereocenters. The molecular weight excluding hydrogens is 262 g/mol. The van der Waals surface area contributed by atoms with Crippen molar-refractivity contribution in [2.75, 3.05) is 33.2 Å². The van der Waals surface area contributed by atoms with Crippen LogP contribution in [0.1, 0.15) is 35.8 Å². The van der Waals surface area contributed by atoms with Gasteiger partial charge in [0.1, 0.15) is 5.15 Å². The maximum absolute atomic E-state index is 12.5. The summed E-state index contributed by atoms with van der Waals surface area (Å²) in [6.07, 6.45) is 0. The zero-order valence-corrected chi connectivity index (χ0v) is 12.4. The molecule has 2 heterocycles. The van der Waals surface area contributed by atoms with Crippen LogP contribution in [-0.2, 0) is 0 Å². The maximum Gasteiger partial charge on any atom is 0.254 e. The third kappa shape index (κ3) is 3.45. The molecule has 0 aromatic carbocycles. The largest absolute Gasteiger partial charge is 0.336 e. The van der Waals surface area contributed by atoms with Crippen LogP contribution in [0, 0.1) is 0 Å². The Kier molecular flexibility index (Phi) is 4.42. The Balaban J connectivity index is 2.19. The van der Waals surface area contributed by atoms with Crippen molar-refractivity contribution in [1.29, 1.82) is 0 Å². The number of amides is 1. The molecule has 1 saturated heterocycles. The Hall–Kier alpha value is -1.13. The number of nitrogens with zero attached hydrogens (tertiary/aromatic N) is 3. The maximum atomic E-state index is 12.5. The molecule has 0 atom stereocenters. The van der Waals surface area contributed by atoms with Gasteiger partial charge in [0, 0.05) is 37.4 Å². The molecule has 4 nitrogen and oxygen atoms in total. The van der Waals surface area contributed by atoms with Gasteiger partial charge in [-0.3, -0.25) is 4.79 Å². The molecule has 1 aromatic rings. The van der Waals surface area contributed by atoms with Crippen molar-refractivity contribution in [3.8, 4) is 0 Å². The van der Waals surface area contributed by atoms with Gasteiger partial charge < -0.3 is 9.80 Å². The van der Waals surface area contributed by atoms with Gasteiger partial charge in [-0.1, -0.05) is 25.4 Å². The second-order valence-corrected chi connectivity index (χ2v) is 5.74. The summed E-state index contributed by atoms with van der Waals surface area (Å²) in [5.74, 6) is 0.317. The molecule has 1 aliphatic rings. The highest BCUT2D eigenvalue weighted by molar-refractivity contribution is 6.29. The van der Waals surface area contributed by atoms with Crippen molar-refractivity contribution in [2.24, 2.45) is 0 Å². The number of piperazine rings is 1. The minimum absolute atomic E-state index is 0.0549. The minimum atomic E-state index is 0.0549. The minimum Gasteiger partial charge on any atom is -0.336 e. The van der Waals surface area contributed by atoms with Crippen LogP contribution in [0.15, 0.2) is 12.1 Å². The van der Waals surface area contributed by atoms with Crippen LogP contribution < -0.4 is 0 Å². The molecule has 0 aliphatic carbocycles. The Bertz CT molecular complexity index is 468. The van der Waals surface area contributed by atoms with E-state index >= 15 is 0 Å². The summed E-state index contributed by atoms with van der Waals surface area (Å²) in [6, 6.07) is 3.52. The SMILES string of the molecule is CC(C)c1cc(C(=O)N2CCN(C)CC2)cc(Cl)n1. The van der Waals surface area contributed by atoms with Gasteiger partial charge in [0.25, 0.3) is 5.91 Å². The summed E-state index contributed by atoms with van der Waals surface area (Å²) in [6.45, 7) is 7.47. The first-order chi connectivity index (χ1) is 8.97. The van der Waals surface area contributed by atoms with E-state index in [1.165, 1.54) is 0 Å². The molecule has 0 saturated carbocycles. The van der Waals surface area contributed by atoms with Crippen molar-refractivity contribution < 1.29 is 4.79 Å². The van der Waals surface area contributed by atoms with Gasteiger partial charge in [-0.15, -0.1) is 0 Å². The van der Waals surface area contributed by atoms with E-state index in [9.17, 15) is 4.79 Å². The number of hydrogen-bond donors (Lipinski definition) is 0. The quantitative estimate of drug-likeness (QED) is 0.780. The smallest absolute Gasteiger partial charge is 0.254 e. The third-order valence-electron chi connectivity index (χ3n) is 3.44. The molecule has 1 fully saturated rings. The van der Waals surface area contributed by atoms with E-state index in [-0.39, 0.29) is 11.8 Å². The standard InChI is InChI=1S/C14H20ClN3O/c1-10(2)12-8-11(9-13(15)16-12)14(19)18-6-4-17(3)5-7-18/h8-10H,4-7H2,1-3H3. The van der Waals surface area contributed by atoms with Crippen molar-refractivity contribution in [2.45, 2.75) is 19.8 Å². The first-order valence-electron chi connectivity index (χ1n) is 6.62. The van der Waals surface area contributed by atoms with Gasteiger partial charge in [-0.2, -0.15) is 0 Å². The molecule has 0 radical (unpaired) electrons. The molecule has 1 amide bonds. The fourth-order valence-electron chi connectivity index (χ4n) is 2.13. The Morgan fingerprint density at radius 1 is 1.26 bits per heavy atom. The van der Waals surface area contributed by atoms with Crippen LogP contribution in [0.4, 0.5) is 0 Å². The van der Waals surface area contributed by atoms with Crippen LogP contribution in [0.3, 0.4) is 0 Å². The molecule has 0 N–H and O–H groups in total. The Morgan fingerprint density at radius 3 is 2.47 bits per heavy atom. The van der Waals surface area contributed by atoms with Gasteiger partial charge in [0.05, 0.1) is 0 Å². The van der Waals surface area contributed by atoms with Gasteiger partial charge >= 0.3 is 0 Å². The molecule has 19 heavy (non-hydrogen) atoms. The monoisotopic (exact) mass is 281 g/mol. The number of aromatic nitrogens is 1. The van der Waals surface area contributed by atoms with Crippen molar-refractivity contribution in [1.82, 2.24) is 14.8 Å². The molecule has 5 heteroatoms. The lowest BCUT2D eigenvalue weighted by Gasteiger charge is -2.32. The fraction of sp³-hybridized carbons (Fsp3) is 0.571. The van der Waals surface area contributed by atoms with E-state index in [4.69, 9.17) is 11.6 Å². The van der Waals surface area contributed by atoms with Crippen LogP contribution in [0.5, 0.6) is 0 Å². The van der Waals surface area contributed by atoms with Gasteiger partial charge in [0.2, 0.25) is 0 Å². The highest BCUT2D eigenvalue weighted by Gasteiger charge is 2.21. The molecular formula is C14H20ClN3O. The predicted octanol–water partition coefficient (Wildman–Crippen LogP) is 2.25. The normalized spacial score (nSPS) is 17.0. The fourth-order valence-corrected chi connectivity index (χ4v) is 2.34. The van der Waals surface area contributed by atoms with E-state index in [0.717, 1.165) is 31.9 Å². The van der Waals surface area contributed by atoms with Crippen LogP contribution in [0.2, 0.25) is 5.15 Å². The topological polar surface area (TPSA) is 36.4 Å². The van der Waals surface area contributed by atoms with Crippen LogP contribution >= 0.6 is 11.6 Å². The Morgan fingerprint density at radius 2 is 1.89 bits per heavy atom. The van der Waals surface area contributed by atoms with Gasteiger partial charge in [-0.05, 0) is 25.1 Å². The average molecular weight is 282 g/mol. The number of hydrogen-bond acceptors (Lipinski definition) is 3. The molecule has 1 aliphatic heterocycles. The number of rotatable bonds is 2. The van der Waals surface area contributed by atoms with Crippen molar-refractivity contribution in [3.05, 3.63) is 28.5 Å². The van der Waals surface area contributed by atoms with Crippen molar-refractivity contribution in [3.63, 3.8) is 0 Å². The number of carbonyl (C=O) groups is 1. The summed E-state index contributed by atoms with van der Waals surface area (Å²) in [5, 5.41) is 0.392. The third-order valence-corrected chi connectivity index (χ3v) is 3.64. The number of halogens is 1. The summed E-state index contributed by atoms with van der Waals surface area (Å²) >= 11 is 6.01. The molecule has 104 valence electrons. The van der Waals surface area contributed by atoms with Crippen molar-refractivity contribution >= 4 is 17.5 Å². The first kappa shape index (κ1) is 14.3. The predicted molar refractivity (Wildman–Crippen MR) is 76.7 cm³/mol. The average Bonchev–Trinajstić information content (AvgIpc) is 2.38. The second-order valence-electron chi connectivity index (χ2n) is 5.35.